The molecule has 154 valence electrons. The topological polar surface area (TPSA) is 56.1 Å². The van der Waals surface area contributed by atoms with E-state index in [1.807, 2.05) is 38.1 Å². The number of aryl methyl sites for hydroxylation is 3. The van der Waals surface area contributed by atoms with Crippen LogP contribution < -0.4 is 10.1 Å². The largest absolute Gasteiger partial charge is 0.494 e. The number of nitrogens with one attached hydrogen (secondary N) is 1. The number of rotatable bonds is 9. The van der Waals surface area contributed by atoms with Gasteiger partial charge in [-0.05, 0) is 55.7 Å². The van der Waals surface area contributed by atoms with E-state index in [0.717, 1.165) is 35.6 Å². The summed E-state index contributed by atoms with van der Waals surface area (Å²) in [6.45, 7) is 10.1. The molecule has 2 aromatic carbocycles. The average molecular weight is 394 g/mol. The van der Waals surface area contributed by atoms with Crippen molar-refractivity contribution in [2.45, 2.75) is 47.1 Å². The first kappa shape index (κ1) is 20.9. The molecule has 29 heavy (non-hydrogen) atoms. The third-order valence-corrected chi connectivity index (χ3v) is 5.18. The smallest absolute Gasteiger partial charge is 0.222 e. The van der Waals surface area contributed by atoms with Crippen molar-refractivity contribution in [1.29, 1.82) is 0 Å². The number of amides is 1. The standard InChI is InChI=1S/C24H31N3O2/c1-17(2)24(28)25-13-12-23-26-21-8-5-6-9-22(21)27(23)14-7-15-29-20-11-10-18(3)19(4)16-20/h5-6,8-11,16-17H,7,12-15H2,1-4H3,(H,25,28). The number of imidazole rings is 1. The lowest BCUT2D eigenvalue weighted by Crippen LogP contribution is -2.30. The highest BCUT2D eigenvalue weighted by atomic mass is 16.5. The Morgan fingerprint density at radius 2 is 1.93 bits per heavy atom. The molecule has 1 N–H and O–H groups in total. The fraction of sp³-hybridized carbons (Fsp3) is 0.417. The summed E-state index contributed by atoms with van der Waals surface area (Å²) in [6, 6.07) is 14.4. The van der Waals surface area contributed by atoms with Gasteiger partial charge in [0.25, 0.3) is 0 Å². The summed E-state index contributed by atoms with van der Waals surface area (Å²) in [5.74, 6) is 1.99. The van der Waals surface area contributed by atoms with E-state index in [4.69, 9.17) is 9.72 Å². The van der Waals surface area contributed by atoms with E-state index in [2.05, 4.69) is 41.9 Å². The monoisotopic (exact) mass is 393 g/mol. The lowest BCUT2D eigenvalue weighted by molar-refractivity contribution is -0.123. The molecule has 0 unspecified atom stereocenters. The number of para-hydroxylation sites is 2. The van der Waals surface area contributed by atoms with Crippen LogP contribution in [0.2, 0.25) is 0 Å². The average Bonchev–Trinajstić information content (AvgIpc) is 3.05. The van der Waals surface area contributed by atoms with Gasteiger partial charge < -0.3 is 14.6 Å². The van der Waals surface area contributed by atoms with Crippen LogP contribution in [-0.4, -0.2) is 28.6 Å². The van der Waals surface area contributed by atoms with Crippen molar-refractivity contribution >= 4 is 16.9 Å². The van der Waals surface area contributed by atoms with E-state index in [9.17, 15) is 4.79 Å². The molecule has 0 saturated carbocycles. The SMILES string of the molecule is Cc1ccc(OCCCn2c(CCNC(=O)C(C)C)nc3ccccc32)cc1C. The van der Waals surface area contributed by atoms with E-state index in [-0.39, 0.29) is 11.8 Å². The van der Waals surface area contributed by atoms with Crippen LogP contribution in [0.3, 0.4) is 0 Å². The third kappa shape index (κ3) is 5.37. The minimum absolute atomic E-state index is 0.00335. The zero-order valence-corrected chi connectivity index (χ0v) is 17.9. The lowest BCUT2D eigenvalue weighted by atomic mass is 10.1. The number of hydrogen-bond acceptors (Lipinski definition) is 3. The van der Waals surface area contributed by atoms with Crippen molar-refractivity contribution in [2.75, 3.05) is 13.2 Å². The minimum atomic E-state index is -0.00335. The number of fused-ring (bicyclic) bond motifs is 1. The zero-order valence-electron chi connectivity index (χ0n) is 17.9. The van der Waals surface area contributed by atoms with Crippen molar-refractivity contribution in [3.8, 4) is 5.75 Å². The summed E-state index contributed by atoms with van der Waals surface area (Å²) >= 11 is 0. The molecule has 3 rings (SSSR count). The molecule has 0 aliphatic carbocycles. The third-order valence-electron chi connectivity index (χ3n) is 5.18. The number of nitrogens with zero attached hydrogens (tertiary/aromatic N) is 2. The van der Waals surface area contributed by atoms with Gasteiger partial charge in [0.15, 0.2) is 0 Å². The molecule has 1 heterocycles. The molecule has 0 aliphatic heterocycles. The van der Waals surface area contributed by atoms with E-state index < -0.39 is 0 Å². The van der Waals surface area contributed by atoms with Crippen molar-refractivity contribution < 1.29 is 9.53 Å². The molecule has 0 atom stereocenters. The fourth-order valence-corrected chi connectivity index (χ4v) is 3.28. The maximum Gasteiger partial charge on any atom is 0.222 e. The molecule has 3 aromatic rings. The van der Waals surface area contributed by atoms with Gasteiger partial charge in [-0.15, -0.1) is 0 Å². The van der Waals surface area contributed by atoms with Gasteiger partial charge in [0.05, 0.1) is 17.6 Å². The first-order chi connectivity index (χ1) is 14.0. The number of aromatic nitrogens is 2. The fourth-order valence-electron chi connectivity index (χ4n) is 3.28. The molecule has 0 saturated heterocycles. The van der Waals surface area contributed by atoms with Gasteiger partial charge in [0.2, 0.25) is 5.91 Å². The van der Waals surface area contributed by atoms with Crippen LogP contribution in [0.5, 0.6) is 5.75 Å². The van der Waals surface area contributed by atoms with Crippen LogP contribution in [0.4, 0.5) is 0 Å². The second kappa shape index (κ2) is 9.59. The molecule has 5 heteroatoms. The molecule has 5 nitrogen and oxygen atoms in total. The van der Waals surface area contributed by atoms with Crippen LogP contribution in [0.1, 0.15) is 37.2 Å². The van der Waals surface area contributed by atoms with Crippen molar-refractivity contribution in [2.24, 2.45) is 5.92 Å². The summed E-state index contributed by atoms with van der Waals surface area (Å²) in [4.78, 5) is 16.6. The molecule has 0 spiro atoms. The Kier molecular flexibility index (Phi) is 6.91. The van der Waals surface area contributed by atoms with Gasteiger partial charge >= 0.3 is 0 Å². The van der Waals surface area contributed by atoms with E-state index in [1.165, 1.54) is 11.1 Å². The maximum atomic E-state index is 11.8. The van der Waals surface area contributed by atoms with E-state index in [1.54, 1.807) is 0 Å². The Labute approximate surface area is 173 Å². The minimum Gasteiger partial charge on any atom is -0.494 e. The van der Waals surface area contributed by atoms with Crippen molar-refractivity contribution in [3.63, 3.8) is 0 Å². The van der Waals surface area contributed by atoms with Gasteiger partial charge in [-0.2, -0.15) is 0 Å². The number of carbonyl (C=O) groups excluding carboxylic acids is 1. The number of carbonyl (C=O) groups is 1. The van der Waals surface area contributed by atoms with Gasteiger partial charge in [-0.25, -0.2) is 4.98 Å². The van der Waals surface area contributed by atoms with Crippen LogP contribution in [0, 0.1) is 19.8 Å². The highest BCUT2D eigenvalue weighted by Crippen LogP contribution is 2.19. The molecule has 0 bridgehead atoms. The van der Waals surface area contributed by atoms with Crippen molar-refractivity contribution in [3.05, 3.63) is 59.4 Å². The first-order valence-corrected chi connectivity index (χ1v) is 10.4. The number of hydrogen-bond donors (Lipinski definition) is 1. The van der Waals surface area contributed by atoms with Crippen LogP contribution in [0.25, 0.3) is 11.0 Å². The van der Waals surface area contributed by atoms with E-state index in [0.29, 0.717) is 19.6 Å². The van der Waals surface area contributed by atoms with Crippen LogP contribution >= 0.6 is 0 Å². The van der Waals surface area contributed by atoms with Gasteiger partial charge in [0.1, 0.15) is 11.6 Å². The summed E-state index contributed by atoms with van der Waals surface area (Å²) in [7, 11) is 0. The molecule has 0 aliphatic rings. The predicted molar refractivity (Wildman–Crippen MR) is 117 cm³/mol. The first-order valence-electron chi connectivity index (χ1n) is 10.4. The molecule has 1 amide bonds. The zero-order chi connectivity index (χ0) is 20.8. The Morgan fingerprint density at radius 1 is 1.14 bits per heavy atom. The Balaban J connectivity index is 1.62. The Bertz CT molecular complexity index is 975. The Morgan fingerprint density at radius 3 is 2.69 bits per heavy atom. The van der Waals surface area contributed by atoms with Crippen LogP contribution in [0.15, 0.2) is 42.5 Å². The lowest BCUT2D eigenvalue weighted by Gasteiger charge is -2.12. The molecule has 0 radical (unpaired) electrons. The maximum absolute atomic E-state index is 11.8. The summed E-state index contributed by atoms with van der Waals surface area (Å²) in [5, 5.41) is 2.98. The van der Waals surface area contributed by atoms with Gasteiger partial charge in [-0.3, -0.25) is 4.79 Å². The molecule has 1 aromatic heterocycles. The molecule has 0 fully saturated rings. The highest BCUT2D eigenvalue weighted by molar-refractivity contribution is 5.78. The number of benzene rings is 2. The second-order valence-corrected chi connectivity index (χ2v) is 7.81. The number of ether oxygens (including phenoxy) is 1. The Hall–Kier alpha value is -2.82. The molecular weight excluding hydrogens is 362 g/mol. The second-order valence-electron chi connectivity index (χ2n) is 7.81. The summed E-state index contributed by atoms with van der Waals surface area (Å²) in [6.07, 6.45) is 1.60. The van der Waals surface area contributed by atoms with Crippen molar-refractivity contribution in [1.82, 2.24) is 14.9 Å². The van der Waals surface area contributed by atoms with Gasteiger partial charge in [0, 0.05) is 25.4 Å². The van der Waals surface area contributed by atoms with Gasteiger partial charge in [-0.1, -0.05) is 32.0 Å². The van der Waals surface area contributed by atoms with E-state index >= 15 is 0 Å². The quantitative estimate of drug-likeness (QED) is 0.547. The summed E-state index contributed by atoms with van der Waals surface area (Å²) < 4.78 is 8.19. The van der Waals surface area contributed by atoms with Crippen LogP contribution in [-0.2, 0) is 17.8 Å². The molecular formula is C24H31N3O2. The predicted octanol–water partition coefficient (Wildman–Crippen LogP) is 4.44. The summed E-state index contributed by atoms with van der Waals surface area (Å²) in [5.41, 5.74) is 4.64. The highest BCUT2D eigenvalue weighted by Gasteiger charge is 2.12. The normalized spacial score (nSPS) is 11.2.